The van der Waals surface area contributed by atoms with Crippen LogP contribution in [0.2, 0.25) is 0 Å². The van der Waals surface area contributed by atoms with Gasteiger partial charge in [-0.15, -0.1) is 0 Å². The number of rotatable bonds is 5. The molecule has 0 bridgehead atoms. The zero-order valence-electron chi connectivity index (χ0n) is 13.7. The molecule has 0 radical (unpaired) electrons. The van der Waals surface area contributed by atoms with Crippen molar-refractivity contribution in [2.24, 2.45) is 0 Å². The van der Waals surface area contributed by atoms with E-state index in [2.05, 4.69) is 24.1 Å². The summed E-state index contributed by atoms with van der Waals surface area (Å²) in [5.41, 5.74) is 1.27. The monoisotopic (exact) mass is 312 g/mol. The van der Waals surface area contributed by atoms with Crippen molar-refractivity contribution in [2.45, 2.75) is 32.4 Å². The topological polar surface area (TPSA) is 36.7 Å². The van der Waals surface area contributed by atoms with E-state index >= 15 is 0 Å². The van der Waals surface area contributed by atoms with E-state index in [4.69, 9.17) is 4.42 Å². The van der Waals surface area contributed by atoms with Gasteiger partial charge in [-0.25, -0.2) is 0 Å². The minimum atomic E-state index is 0.0293. The number of hydrogen-bond donors (Lipinski definition) is 0. The molecule has 3 rings (SSSR count). The lowest BCUT2D eigenvalue weighted by Crippen LogP contribution is -2.35. The molecular formula is C19H24N2O2. The molecule has 1 aliphatic rings. The molecule has 2 aromatic rings. The average Bonchev–Trinajstić information content (AvgIpc) is 3.04. The number of nitrogens with zero attached hydrogens (tertiary/aromatic N) is 2. The van der Waals surface area contributed by atoms with Crippen molar-refractivity contribution in [3.05, 3.63) is 59.5 Å². The van der Waals surface area contributed by atoms with Crippen molar-refractivity contribution >= 4 is 5.91 Å². The summed E-state index contributed by atoms with van der Waals surface area (Å²) in [6.45, 7) is 3.25. The second-order valence-electron chi connectivity index (χ2n) is 6.28. The van der Waals surface area contributed by atoms with Crippen LogP contribution in [-0.2, 0) is 13.1 Å². The molecule has 1 fully saturated rings. The van der Waals surface area contributed by atoms with Crippen molar-refractivity contribution in [2.75, 3.05) is 20.1 Å². The third-order valence-electron chi connectivity index (χ3n) is 4.24. The Bertz CT molecular complexity index is 630. The molecule has 1 aromatic heterocycles. The molecule has 2 heterocycles. The van der Waals surface area contributed by atoms with Gasteiger partial charge in [0.25, 0.3) is 5.91 Å². The number of carbonyl (C=O) groups excluding carboxylic acids is 1. The minimum Gasteiger partial charge on any atom is -0.455 e. The van der Waals surface area contributed by atoms with Gasteiger partial charge in [-0.2, -0.15) is 0 Å². The molecule has 1 saturated heterocycles. The van der Waals surface area contributed by atoms with Crippen LogP contribution in [0.5, 0.6) is 0 Å². The van der Waals surface area contributed by atoms with Gasteiger partial charge in [0.05, 0.1) is 6.54 Å². The van der Waals surface area contributed by atoms with Crippen molar-refractivity contribution < 1.29 is 9.21 Å². The largest absolute Gasteiger partial charge is 0.455 e. The second-order valence-corrected chi connectivity index (χ2v) is 6.28. The van der Waals surface area contributed by atoms with Gasteiger partial charge < -0.3 is 9.32 Å². The number of carbonyl (C=O) groups is 1. The van der Waals surface area contributed by atoms with Crippen LogP contribution in [0.15, 0.2) is 46.9 Å². The maximum Gasteiger partial charge on any atom is 0.289 e. The van der Waals surface area contributed by atoms with Crippen LogP contribution in [0.25, 0.3) is 0 Å². The number of piperidine rings is 1. The van der Waals surface area contributed by atoms with Crippen LogP contribution in [0.3, 0.4) is 0 Å². The summed E-state index contributed by atoms with van der Waals surface area (Å²) >= 11 is 0. The van der Waals surface area contributed by atoms with E-state index in [1.807, 2.05) is 35.2 Å². The summed E-state index contributed by atoms with van der Waals surface area (Å²) in [6.07, 6.45) is 3.41. The fraction of sp³-hybridized carbons (Fsp3) is 0.421. The predicted molar refractivity (Wildman–Crippen MR) is 90.1 cm³/mol. The SMILES string of the molecule is CN(Cc1ccccc1)Cc1ccc(C(=O)N2CCCCC2)o1. The van der Waals surface area contributed by atoms with Gasteiger partial charge >= 0.3 is 0 Å². The third-order valence-corrected chi connectivity index (χ3v) is 4.24. The molecule has 0 saturated carbocycles. The molecule has 0 unspecified atom stereocenters. The lowest BCUT2D eigenvalue weighted by atomic mass is 10.1. The Labute approximate surface area is 137 Å². The van der Waals surface area contributed by atoms with E-state index in [0.29, 0.717) is 12.3 Å². The molecule has 122 valence electrons. The Morgan fingerprint density at radius 3 is 2.52 bits per heavy atom. The highest BCUT2D eigenvalue weighted by Crippen LogP contribution is 2.17. The number of likely N-dealkylation sites (tertiary alicyclic amines) is 1. The molecule has 1 aromatic carbocycles. The fourth-order valence-corrected chi connectivity index (χ4v) is 3.05. The molecule has 0 aliphatic carbocycles. The molecule has 4 heteroatoms. The van der Waals surface area contributed by atoms with Gasteiger partial charge in [-0.1, -0.05) is 30.3 Å². The fourth-order valence-electron chi connectivity index (χ4n) is 3.05. The summed E-state index contributed by atoms with van der Waals surface area (Å²) in [7, 11) is 2.06. The summed E-state index contributed by atoms with van der Waals surface area (Å²) in [4.78, 5) is 16.5. The molecule has 0 atom stereocenters. The summed E-state index contributed by atoms with van der Waals surface area (Å²) < 4.78 is 5.77. The zero-order chi connectivity index (χ0) is 16.1. The minimum absolute atomic E-state index is 0.0293. The van der Waals surface area contributed by atoms with E-state index in [9.17, 15) is 4.79 Å². The molecular weight excluding hydrogens is 288 g/mol. The van der Waals surface area contributed by atoms with Gasteiger partial charge in [-0.3, -0.25) is 9.69 Å². The first-order valence-electron chi connectivity index (χ1n) is 8.33. The van der Waals surface area contributed by atoms with Crippen molar-refractivity contribution in [3.63, 3.8) is 0 Å². The van der Waals surface area contributed by atoms with Crippen LogP contribution in [0.4, 0.5) is 0 Å². The second kappa shape index (κ2) is 7.47. The first kappa shape index (κ1) is 15.8. The Morgan fingerprint density at radius 1 is 1.04 bits per heavy atom. The molecule has 0 N–H and O–H groups in total. The quantitative estimate of drug-likeness (QED) is 0.847. The van der Waals surface area contributed by atoms with Crippen molar-refractivity contribution in [1.82, 2.24) is 9.80 Å². The van der Waals surface area contributed by atoms with E-state index in [-0.39, 0.29) is 5.91 Å². The molecule has 1 amide bonds. The van der Waals surface area contributed by atoms with Crippen molar-refractivity contribution in [1.29, 1.82) is 0 Å². The van der Waals surface area contributed by atoms with Crippen LogP contribution >= 0.6 is 0 Å². The van der Waals surface area contributed by atoms with Gasteiger partial charge in [0.2, 0.25) is 0 Å². The summed E-state index contributed by atoms with van der Waals surface area (Å²) in [5.74, 6) is 1.33. The summed E-state index contributed by atoms with van der Waals surface area (Å²) in [5, 5.41) is 0. The first-order valence-corrected chi connectivity index (χ1v) is 8.33. The lowest BCUT2D eigenvalue weighted by molar-refractivity contribution is 0.0688. The van der Waals surface area contributed by atoms with Gasteiger partial charge in [0.15, 0.2) is 5.76 Å². The normalized spacial score (nSPS) is 15.1. The predicted octanol–water partition coefficient (Wildman–Crippen LogP) is 3.54. The van der Waals surface area contributed by atoms with Crippen molar-refractivity contribution in [3.8, 4) is 0 Å². The molecule has 23 heavy (non-hydrogen) atoms. The Balaban J connectivity index is 1.57. The van der Waals surface area contributed by atoms with E-state index in [1.54, 1.807) is 0 Å². The molecule has 4 nitrogen and oxygen atoms in total. The Kier molecular flexibility index (Phi) is 5.13. The van der Waals surface area contributed by atoms with E-state index in [0.717, 1.165) is 38.2 Å². The number of amides is 1. The Morgan fingerprint density at radius 2 is 1.78 bits per heavy atom. The molecule has 0 spiro atoms. The maximum absolute atomic E-state index is 12.4. The third kappa shape index (κ3) is 4.23. The van der Waals surface area contributed by atoms with Gasteiger partial charge in [0, 0.05) is 19.6 Å². The maximum atomic E-state index is 12.4. The highest BCUT2D eigenvalue weighted by atomic mass is 16.4. The number of furan rings is 1. The van der Waals surface area contributed by atoms with E-state index in [1.165, 1.54) is 12.0 Å². The highest BCUT2D eigenvalue weighted by Gasteiger charge is 2.21. The van der Waals surface area contributed by atoms with Gasteiger partial charge in [0.1, 0.15) is 5.76 Å². The standard InChI is InChI=1S/C19H24N2O2/c1-20(14-16-8-4-2-5-9-16)15-17-10-11-18(23-17)19(22)21-12-6-3-7-13-21/h2,4-5,8-11H,3,6-7,12-15H2,1H3. The van der Waals surface area contributed by atoms with Crippen LogP contribution < -0.4 is 0 Å². The Hall–Kier alpha value is -2.07. The number of benzene rings is 1. The van der Waals surface area contributed by atoms with Gasteiger partial charge in [-0.05, 0) is 44.0 Å². The zero-order valence-corrected chi connectivity index (χ0v) is 13.7. The number of hydrogen-bond acceptors (Lipinski definition) is 3. The van der Waals surface area contributed by atoms with Crippen LogP contribution in [0.1, 0.15) is 41.1 Å². The average molecular weight is 312 g/mol. The van der Waals surface area contributed by atoms with Crippen LogP contribution in [-0.4, -0.2) is 35.8 Å². The summed E-state index contributed by atoms with van der Waals surface area (Å²) in [6, 6.07) is 14.1. The molecule has 1 aliphatic heterocycles. The van der Waals surface area contributed by atoms with E-state index < -0.39 is 0 Å². The smallest absolute Gasteiger partial charge is 0.289 e. The lowest BCUT2D eigenvalue weighted by Gasteiger charge is -2.25. The highest BCUT2D eigenvalue weighted by molar-refractivity contribution is 5.91. The first-order chi connectivity index (χ1) is 11.2. The van der Waals surface area contributed by atoms with Crippen LogP contribution in [0, 0.1) is 0 Å².